The summed E-state index contributed by atoms with van der Waals surface area (Å²) in [5, 5.41) is 9.69. The maximum atomic E-state index is 14.4. The first-order valence-electron chi connectivity index (χ1n) is 11.3. The molecular formula is C27H26F7NO2. The predicted octanol–water partition coefficient (Wildman–Crippen LogP) is 7.86. The lowest BCUT2D eigenvalue weighted by Crippen LogP contribution is -2.41. The van der Waals surface area contributed by atoms with Gasteiger partial charge in [-0.25, -0.2) is 4.39 Å². The van der Waals surface area contributed by atoms with Gasteiger partial charge in [0.05, 0.1) is 12.1 Å². The van der Waals surface area contributed by atoms with Crippen LogP contribution in [0.4, 0.5) is 36.4 Å². The van der Waals surface area contributed by atoms with Gasteiger partial charge in [0.2, 0.25) is 0 Å². The summed E-state index contributed by atoms with van der Waals surface area (Å²) in [5.74, 6) is -0.319. The molecule has 0 heterocycles. The van der Waals surface area contributed by atoms with Crippen LogP contribution in [-0.4, -0.2) is 23.9 Å². The summed E-state index contributed by atoms with van der Waals surface area (Å²) < 4.78 is 99.1. The third-order valence-corrected chi connectivity index (χ3v) is 5.62. The Bertz CT molecular complexity index is 1220. The maximum absolute atomic E-state index is 14.4. The summed E-state index contributed by atoms with van der Waals surface area (Å²) in [6.45, 7) is 4.35. The standard InChI is InChI=1S/C27H26F7NO2/c1-25(2,3)18-6-4-8-21(13-18)37-22-9-5-7-20(14-22)35(16-24(36)27(32,33)34)15-17-12-19(26(29,30)31)10-11-23(17)28/h4-14,24,36H,15-16H2,1-3H3/t24-/m1/s1. The molecule has 1 atom stereocenters. The van der Waals surface area contributed by atoms with E-state index in [2.05, 4.69) is 0 Å². The Kier molecular flexibility index (Phi) is 8.12. The highest BCUT2D eigenvalue weighted by molar-refractivity contribution is 5.52. The van der Waals surface area contributed by atoms with Crippen molar-refractivity contribution in [2.45, 2.75) is 51.2 Å². The quantitative estimate of drug-likeness (QED) is 0.316. The number of hydrogen-bond acceptors (Lipinski definition) is 3. The average molecular weight is 529 g/mol. The molecule has 10 heteroatoms. The van der Waals surface area contributed by atoms with Gasteiger partial charge in [-0.05, 0) is 53.4 Å². The van der Waals surface area contributed by atoms with Gasteiger partial charge in [0.1, 0.15) is 17.3 Å². The molecule has 0 saturated carbocycles. The van der Waals surface area contributed by atoms with Gasteiger partial charge in [0.25, 0.3) is 0 Å². The lowest BCUT2D eigenvalue weighted by molar-refractivity contribution is -0.200. The van der Waals surface area contributed by atoms with Crippen LogP contribution in [0.25, 0.3) is 0 Å². The molecule has 3 rings (SSSR count). The monoisotopic (exact) mass is 529 g/mol. The first kappa shape index (κ1) is 28.3. The van der Waals surface area contributed by atoms with E-state index in [0.29, 0.717) is 23.9 Å². The molecule has 0 aliphatic heterocycles. The number of halogens is 7. The molecule has 200 valence electrons. The second-order valence-electron chi connectivity index (χ2n) is 9.62. The van der Waals surface area contributed by atoms with Gasteiger partial charge in [0, 0.05) is 23.9 Å². The van der Waals surface area contributed by atoms with Crippen LogP contribution in [-0.2, 0) is 18.1 Å². The summed E-state index contributed by atoms with van der Waals surface area (Å²) in [7, 11) is 0. The number of aliphatic hydroxyl groups is 1. The highest BCUT2D eigenvalue weighted by Gasteiger charge is 2.39. The highest BCUT2D eigenvalue weighted by Crippen LogP contribution is 2.34. The number of hydrogen-bond donors (Lipinski definition) is 1. The molecule has 0 bridgehead atoms. The SMILES string of the molecule is CC(C)(C)c1cccc(Oc2cccc(N(Cc3cc(C(F)(F)F)ccc3F)C[C@@H](O)C(F)(F)F)c2)c1. The molecule has 0 amide bonds. The van der Waals surface area contributed by atoms with Gasteiger partial charge in [-0.3, -0.25) is 0 Å². The molecule has 0 aromatic heterocycles. The van der Waals surface area contributed by atoms with Gasteiger partial charge in [-0.2, -0.15) is 26.3 Å². The van der Waals surface area contributed by atoms with Gasteiger partial charge in [0.15, 0.2) is 6.10 Å². The largest absolute Gasteiger partial charge is 0.457 e. The van der Waals surface area contributed by atoms with Gasteiger partial charge >= 0.3 is 12.4 Å². The molecular weight excluding hydrogens is 503 g/mol. The van der Waals surface area contributed by atoms with Gasteiger partial charge in [-0.1, -0.05) is 39.0 Å². The topological polar surface area (TPSA) is 32.7 Å². The molecule has 0 aliphatic rings. The minimum absolute atomic E-state index is 0.0876. The number of nitrogens with zero attached hydrogens (tertiary/aromatic N) is 1. The second-order valence-corrected chi connectivity index (χ2v) is 9.62. The summed E-state index contributed by atoms with van der Waals surface area (Å²) in [5.41, 5.74) is -0.717. The molecule has 3 aromatic carbocycles. The lowest BCUT2D eigenvalue weighted by Gasteiger charge is -2.29. The first-order chi connectivity index (χ1) is 17.0. The molecule has 0 unspecified atom stereocenters. The van der Waals surface area contributed by atoms with Crippen LogP contribution < -0.4 is 9.64 Å². The normalized spacial score (nSPS) is 13.4. The van der Waals surface area contributed by atoms with Crippen LogP contribution in [0.1, 0.15) is 37.5 Å². The molecule has 0 aliphatic carbocycles. The van der Waals surface area contributed by atoms with E-state index in [0.717, 1.165) is 10.5 Å². The molecule has 1 N–H and O–H groups in total. The van der Waals surface area contributed by atoms with E-state index in [1.165, 1.54) is 18.2 Å². The number of alkyl halides is 6. The van der Waals surface area contributed by atoms with Crippen LogP contribution in [0.5, 0.6) is 11.5 Å². The van der Waals surface area contributed by atoms with Crippen LogP contribution in [0.3, 0.4) is 0 Å². The van der Waals surface area contributed by atoms with Crippen LogP contribution in [0.2, 0.25) is 0 Å². The third kappa shape index (κ3) is 7.61. The maximum Gasteiger partial charge on any atom is 0.416 e. The zero-order chi connectivity index (χ0) is 27.6. The molecule has 3 aromatic rings. The molecule has 0 spiro atoms. The minimum Gasteiger partial charge on any atom is -0.457 e. The Balaban J connectivity index is 1.96. The number of anilines is 1. The smallest absolute Gasteiger partial charge is 0.416 e. The van der Waals surface area contributed by atoms with E-state index in [4.69, 9.17) is 4.74 Å². The number of ether oxygens (including phenoxy) is 1. The van der Waals surface area contributed by atoms with Crippen molar-refractivity contribution in [2.75, 3.05) is 11.4 Å². The summed E-state index contributed by atoms with van der Waals surface area (Å²) in [4.78, 5) is 0.954. The Morgan fingerprint density at radius 1 is 0.811 bits per heavy atom. The van der Waals surface area contributed by atoms with Crippen molar-refractivity contribution in [1.29, 1.82) is 0 Å². The van der Waals surface area contributed by atoms with Crippen molar-refractivity contribution in [3.63, 3.8) is 0 Å². The van der Waals surface area contributed by atoms with Crippen LogP contribution in [0.15, 0.2) is 66.7 Å². The Labute approximate surface area is 210 Å². The summed E-state index contributed by atoms with van der Waals surface area (Å²) in [6.07, 6.45) is -12.6. The minimum atomic E-state index is -4.99. The zero-order valence-electron chi connectivity index (χ0n) is 20.3. The zero-order valence-corrected chi connectivity index (χ0v) is 20.3. The van der Waals surface area contributed by atoms with Crippen molar-refractivity contribution in [3.05, 3.63) is 89.2 Å². The fraction of sp³-hybridized carbons (Fsp3) is 0.333. The fourth-order valence-corrected chi connectivity index (χ4v) is 3.56. The number of benzene rings is 3. The van der Waals surface area contributed by atoms with Gasteiger partial charge in [-0.15, -0.1) is 0 Å². The molecule has 3 nitrogen and oxygen atoms in total. The van der Waals surface area contributed by atoms with Crippen molar-refractivity contribution in [1.82, 2.24) is 0 Å². The Morgan fingerprint density at radius 2 is 1.43 bits per heavy atom. The number of aliphatic hydroxyl groups excluding tert-OH is 1. The van der Waals surface area contributed by atoms with E-state index in [1.807, 2.05) is 32.9 Å². The van der Waals surface area contributed by atoms with Crippen molar-refractivity contribution >= 4 is 5.69 Å². The molecule has 0 radical (unpaired) electrons. The van der Waals surface area contributed by atoms with E-state index >= 15 is 0 Å². The highest BCUT2D eigenvalue weighted by atomic mass is 19.4. The van der Waals surface area contributed by atoms with E-state index in [-0.39, 0.29) is 16.9 Å². The Morgan fingerprint density at radius 3 is 2.03 bits per heavy atom. The van der Waals surface area contributed by atoms with Crippen molar-refractivity contribution < 1.29 is 40.6 Å². The number of rotatable bonds is 7. The first-order valence-corrected chi connectivity index (χ1v) is 11.3. The Hall–Kier alpha value is -3.27. The molecule has 37 heavy (non-hydrogen) atoms. The van der Waals surface area contributed by atoms with Gasteiger partial charge < -0.3 is 14.7 Å². The molecule has 0 fully saturated rings. The molecule has 0 saturated heterocycles. The van der Waals surface area contributed by atoms with Crippen LogP contribution in [0, 0.1) is 5.82 Å². The fourth-order valence-electron chi connectivity index (χ4n) is 3.56. The third-order valence-electron chi connectivity index (χ3n) is 5.62. The van der Waals surface area contributed by atoms with Crippen LogP contribution >= 0.6 is 0 Å². The van der Waals surface area contributed by atoms with Crippen molar-refractivity contribution in [3.8, 4) is 11.5 Å². The van der Waals surface area contributed by atoms with Crippen molar-refractivity contribution in [2.24, 2.45) is 0 Å². The second kappa shape index (κ2) is 10.6. The van der Waals surface area contributed by atoms with E-state index in [1.54, 1.807) is 18.2 Å². The van der Waals surface area contributed by atoms with E-state index in [9.17, 15) is 35.8 Å². The lowest BCUT2D eigenvalue weighted by atomic mass is 9.87. The van der Waals surface area contributed by atoms with E-state index < -0.39 is 48.5 Å². The predicted molar refractivity (Wildman–Crippen MR) is 126 cm³/mol. The summed E-state index contributed by atoms with van der Waals surface area (Å²) >= 11 is 0. The average Bonchev–Trinajstić information content (AvgIpc) is 2.78. The summed E-state index contributed by atoms with van der Waals surface area (Å²) in [6, 6.07) is 14.7.